The van der Waals surface area contributed by atoms with Crippen LogP contribution < -0.4 is 0 Å². The zero-order valence-corrected chi connectivity index (χ0v) is 12.1. The largest absolute Gasteiger partial charge is 0 e. The van der Waals surface area contributed by atoms with Gasteiger partial charge in [0, 0.05) is 19.5 Å². The summed E-state index contributed by atoms with van der Waals surface area (Å²) in [4.78, 5) is 0. The first-order valence-electron chi connectivity index (χ1n) is 3.89. The van der Waals surface area contributed by atoms with E-state index < -0.39 is 26.2 Å². The molecule has 0 aromatic rings. The van der Waals surface area contributed by atoms with Crippen molar-refractivity contribution in [2.75, 3.05) is 15.5 Å². The van der Waals surface area contributed by atoms with Gasteiger partial charge in [-0.2, -0.15) is 0 Å². The summed E-state index contributed by atoms with van der Waals surface area (Å²) < 4.78 is 31.9. The Hall–Kier alpha value is 1.11. The predicted octanol–water partition coefficient (Wildman–Crippen LogP) is 2.27. The first kappa shape index (κ1) is 13.2. The summed E-state index contributed by atoms with van der Waals surface area (Å²) in [7, 11) is -3.27. The molecule has 2 saturated heterocycles. The van der Waals surface area contributed by atoms with E-state index in [1.165, 1.54) is 6.61 Å². The van der Waals surface area contributed by atoms with Gasteiger partial charge in [0.05, 0.1) is 0 Å². The van der Waals surface area contributed by atoms with Crippen molar-refractivity contribution < 1.29 is 35.9 Å². The first-order chi connectivity index (χ1) is 6.18. The van der Waals surface area contributed by atoms with E-state index in [4.69, 9.17) is 11.9 Å². The van der Waals surface area contributed by atoms with E-state index in [1.54, 1.807) is 0 Å². The molecule has 2 heterocycles. The maximum Gasteiger partial charge on any atom is 0 e. The van der Waals surface area contributed by atoms with Gasteiger partial charge >= 0.3 is 81.4 Å². The Morgan fingerprint density at radius 2 is 2.29 bits per heavy atom. The molecule has 0 N–H and O–H groups in total. The summed E-state index contributed by atoms with van der Waals surface area (Å²) in [5, 5.41) is 0. The molecule has 0 spiro atoms. The Balaban J connectivity index is 0.000000980. The van der Waals surface area contributed by atoms with E-state index in [-0.39, 0.29) is 19.5 Å². The molecule has 14 heavy (non-hydrogen) atoms. The molecule has 4 nitrogen and oxygen atoms in total. The summed E-state index contributed by atoms with van der Waals surface area (Å²) in [5.41, 5.74) is 0. The van der Waals surface area contributed by atoms with Crippen molar-refractivity contribution in [3.05, 3.63) is 13.2 Å². The number of phosphoric acid groups is 1. The van der Waals surface area contributed by atoms with E-state index in [1.807, 2.05) is 0 Å². The van der Waals surface area contributed by atoms with Crippen molar-refractivity contribution in [1.29, 1.82) is 0 Å². The van der Waals surface area contributed by atoms with Crippen LogP contribution in [-0.2, 0) is 35.9 Å². The van der Waals surface area contributed by atoms with Crippen LogP contribution in [0.4, 0.5) is 0 Å². The van der Waals surface area contributed by atoms with Crippen molar-refractivity contribution in [2.45, 2.75) is 6.42 Å². The fourth-order valence-corrected chi connectivity index (χ4v) is 10.7. The summed E-state index contributed by atoms with van der Waals surface area (Å²) >= 11 is -2.40. The Labute approximate surface area is 100 Å². The molecule has 2 fully saturated rings. The number of alkyl halides is 2. The molecule has 2 rings (SSSR count). The normalized spacial score (nSPS) is 36.3. The van der Waals surface area contributed by atoms with Gasteiger partial charge in [0.25, 0.3) is 0 Å². The average Bonchev–Trinajstić information content (AvgIpc) is 2.86. The van der Waals surface area contributed by atoms with Crippen LogP contribution in [-0.4, -0.2) is 19.1 Å². The smallest absolute Gasteiger partial charge is 0 e. The van der Waals surface area contributed by atoms with Crippen LogP contribution in [0, 0.1) is 6.61 Å². The molecule has 0 amide bonds. The maximum atomic E-state index is 11.7. The second-order valence-corrected chi connectivity index (χ2v) is 12.6. The molecule has 85 valence electrons. The van der Waals surface area contributed by atoms with E-state index in [2.05, 4.69) is 10.2 Å². The molecule has 0 bridgehead atoms. The number of hydrogen-bond acceptors (Lipinski definition) is 4. The Bertz CT molecular complexity index is 321. The molecule has 1 atom stereocenters. The number of rotatable bonds is 2. The quantitative estimate of drug-likeness (QED) is 0.226. The molecule has 1 unspecified atom stereocenters. The van der Waals surface area contributed by atoms with Crippen molar-refractivity contribution in [3.63, 3.8) is 0 Å². The monoisotopic (exact) mass is 420 g/mol. The van der Waals surface area contributed by atoms with Crippen molar-refractivity contribution in [2.24, 2.45) is 0 Å². The third kappa shape index (κ3) is 3.05. The third-order valence-electron chi connectivity index (χ3n) is 1.68. The van der Waals surface area contributed by atoms with Crippen molar-refractivity contribution in [3.8, 4) is 0 Å². The summed E-state index contributed by atoms with van der Waals surface area (Å²) in [6.45, 7) is 5.48. The molecular weight excluding hydrogens is 409 g/mol. The molecule has 7 heteroatoms. The number of halogens is 1. The summed E-state index contributed by atoms with van der Waals surface area (Å²) in [5.74, 6) is 0. The zero-order chi connectivity index (χ0) is 9.36. The fraction of sp³-hybridized carbons (Fsp3) is 0.571. The van der Waals surface area contributed by atoms with Gasteiger partial charge in [-0.3, -0.25) is 0 Å². The van der Waals surface area contributed by atoms with Gasteiger partial charge in [-0.15, -0.1) is 0 Å². The van der Waals surface area contributed by atoms with Crippen LogP contribution in [0.15, 0.2) is 6.58 Å². The molecular formula is C7H11IO4PRh-. The predicted molar refractivity (Wildman–Crippen MR) is 59.0 cm³/mol. The van der Waals surface area contributed by atoms with Crippen molar-refractivity contribution in [1.82, 2.24) is 0 Å². The van der Waals surface area contributed by atoms with E-state index in [0.717, 1.165) is 8.86 Å². The molecule has 0 aromatic heterocycles. The SMILES string of the molecule is C=C=I1(OP2(=O)O[CH-]CCO2)CC1.[Rh]. The van der Waals surface area contributed by atoms with Crippen LogP contribution in [0.5, 0.6) is 0 Å². The summed E-state index contributed by atoms with van der Waals surface area (Å²) in [6.07, 6.45) is 0.657. The second kappa shape index (κ2) is 4.96. The van der Waals surface area contributed by atoms with Gasteiger partial charge in [0.15, 0.2) is 0 Å². The third-order valence-corrected chi connectivity index (χ3v) is 11.2. The van der Waals surface area contributed by atoms with E-state index in [9.17, 15) is 4.57 Å². The number of hydrogen-bond donors (Lipinski definition) is 0. The molecule has 1 radical (unpaired) electrons. The minimum atomic E-state index is -3.27. The molecule has 0 aliphatic carbocycles. The molecule has 0 saturated carbocycles. The van der Waals surface area contributed by atoms with Crippen LogP contribution in [0.1, 0.15) is 6.42 Å². The van der Waals surface area contributed by atoms with Gasteiger partial charge in [-0.05, 0) is 0 Å². The Morgan fingerprint density at radius 1 is 1.57 bits per heavy atom. The minimum Gasteiger partial charge on any atom is 0 e. The topological polar surface area (TPSA) is 44.8 Å². The second-order valence-electron chi connectivity index (χ2n) is 2.67. The zero-order valence-electron chi connectivity index (χ0n) is 7.40. The number of phosphoric ester groups is 1. The van der Waals surface area contributed by atoms with Crippen LogP contribution in [0.25, 0.3) is 0 Å². The van der Waals surface area contributed by atoms with Gasteiger partial charge < -0.3 is 0 Å². The van der Waals surface area contributed by atoms with Gasteiger partial charge in [-0.1, -0.05) is 0 Å². The van der Waals surface area contributed by atoms with Gasteiger partial charge in [0.2, 0.25) is 0 Å². The standard InChI is InChI=1S/C7H11IO4P.Rh/c1-2-8(4-5-8)12-13(9)10-6-3-7-11-13;/h6H,1,3-5,7H2;/q-1;. The maximum absolute atomic E-state index is 11.7. The van der Waals surface area contributed by atoms with E-state index >= 15 is 0 Å². The van der Waals surface area contributed by atoms with E-state index in [0.29, 0.717) is 13.0 Å². The Kier molecular flexibility index (Phi) is 4.67. The van der Waals surface area contributed by atoms with Gasteiger partial charge in [0.1, 0.15) is 0 Å². The fourth-order valence-electron chi connectivity index (χ4n) is 0.877. The minimum absolute atomic E-state index is 0. The molecule has 2 aliphatic rings. The van der Waals surface area contributed by atoms with Crippen LogP contribution >= 0.6 is 26.2 Å². The van der Waals surface area contributed by atoms with Crippen molar-refractivity contribution >= 4 is 29.9 Å². The average molecular weight is 420 g/mol. The molecule has 0 aromatic carbocycles. The first-order valence-corrected chi connectivity index (χ1v) is 10.4. The molecule has 2 aliphatic heterocycles. The Morgan fingerprint density at radius 3 is 2.71 bits per heavy atom. The van der Waals surface area contributed by atoms with Gasteiger partial charge in [-0.25, -0.2) is 0 Å². The summed E-state index contributed by atoms with van der Waals surface area (Å²) in [6, 6.07) is 0. The van der Waals surface area contributed by atoms with Crippen LogP contribution in [0.2, 0.25) is 0 Å². The van der Waals surface area contributed by atoms with Crippen LogP contribution in [0.3, 0.4) is 0 Å².